The lowest BCUT2D eigenvalue weighted by Gasteiger charge is -2.46. The molecule has 0 bridgehead atoms. The molecule has 4 heteroatoms. The Labute approximate surface area is 127 Å². The minimum absolute atomic E-state index is 0.107. The number of aliphatic carboxylic acids is 1. The topological polar surface area (TPSA) is 66.4 Å². The van der Waals surface area contributed by atoms with Gasteiger partial charge in [-0.15, -0.1) is 0 Å². The molecule has 2 aliphatic rings. The number of carboxylic acid groups (broad SMARTS) is 1. The number of carboxylic acids is 1. The van der Waals surface area contributed by atoms with Gasteiger partial charge in [-0.2, -0.15) is 0 Å². The lowest BCUT2D eigenvalue weighted by atomic mass is 9.61. The van der Waals surface area contributed by atoms with Crippen LogP contribution in [0.1, 0.15) is 59.8 Å². The zero-order valence-corrected chi connectivity index (χ0v) is 13.7. The Bertz CT molecular complexity index is 418. The SMILES string of the molecule is CC1CCCC1C(=O)NC1CCC(C(=O)O)C(C)(C)C1C. The molecular weight excluding hydrogens is 266 g/mol. The molecule has 4 nitrogen and oxygen atoms in total. The summed E-state index contributed by atoms with van der Waals surface area (Å²) >= 11 is 0. The minimum atomic E-state index is -0.707. The third-order valence-electron chi connectivity index (χ3n) is 6.27. The van der Waals surface area contributed by atoms with Gasteiger partial charge >= 0.3 is 5.97 Å². The van der Waals surface area contributed by atoms with Gasteiger partial charge < -0.3 is 10.4 Å². The van der Waals surface area contributed by atoms with E-state index in [4.69, 9.17) is 0 Å². The maximum Gasteiger partial charge on any atom is 0.307 e. The van der Waals surface area contributed by atoms with Crippen LogP contribution in [0.15, 0.2) is 0 Å². The van der Waals surface area contributed by atoms with Gasteiger partial charge in [0, 0.05) is 12.0 Å². The van der Waals surface area contributed by atoms with Gasteiger partial charge in [-0.1, -0.05) is 34.1 Å². The normalized spacial score (nSPS) is 39.0. The van der Waals surface area contributed by atoms with Gasteiger partial charge in [0.25, 0.3) is 0 Å². The molecule has 0 aromatic heterocycles. The van der Waals surface area contributed by atoms with Crippen molar-refractivity contribution in [2.45, 2.75) is 65.8 Å². The van der Waals surface area contributed by atoms with E-state index in [0.717, 1.165) is 25.7 Å². The summed E-state index contributed by atoms with van der Waals surface area (Å²) in [6.07, 6.45) is 4.71. The van der Waals surface area contributed by atoms with E-state index in [1.165, 1.54) is 0 Å². The molecule has 0 saturated heterocycles. The molecular formula is C17H29NO3. The summed E-state index contributed by atoms with van der Waals surface area (Å²) < 4.78 is 0. The zero-order chi connectivity index (χ0) is 15.8. The van der Waals surface area contributed by atoms with Crippen molar-refractivity contribution in [2.75, 3.05) is 0 Å². The Morgan fingerprint density at radius 2 is 1.76 bits per heavy atom. The van der Waals surface area contributed by atoms with Crippen LogP contribution in [-0.4, -0.2) is 23.0 Å². The summed E-state index contributed by atoms with van der Waals surface area (Å²) in [5, 5.41) is 12.6. The Kier molecular flexibility index (Phi) is 4.64. The third kappa shape index (κ3) is 3.09. The monoisotopic (exact) mass is 295 g/mol. The lowest BCUT2D eigenvalue weighted by Crippen LogP contribution is -2.53. The van der Waals surface area contributed by atoms with Crippen LogP contribution in [-0.2, 0) is 9.59 Å². The Balaban J connectivity index is 2.02. The van der Waals surface area contributed by atoms with Gasteiger partial charge in [0.05, 0.1) is 5.92 Å². The summed E-state index contributed by atoms with van der Waals surface area (Å²) in [7, 11) is 0. The smallest absolute Gasteiger partial charge is 0.307 e. The van der Waals surface area contributed by atoms with E-state index in [2.05, 4.69) is 19.2 Å². The fourth-order valence-corrected chi connectivity index (χ4v) is 4.27. The van der Waals surface area contributed by atoms with Crippen LogP contribution in [0.4, 0.5) is 0 Å². The van der Waals surface area contributed by atoms with E-state index in [9.17, 15) is 14.7 Å². The fraction of sp³-hybridized carbons (Fsp3) is 0.882. The predicted molar refractivity (Wildman–Crippen MR) is 81.7 cm³/mol. The maximum atomic E-state index is 12.5. The first-order valence-electron chi connectivity index (χ1n) is 8.28. The highest BCUT2D eigenvalue weighted by atomic mass is 16.4. The van der Waals surface area contributed by atoms with Gasteiger partial charge in [-0.3, -0.25) is 9.59 Å². The van der Waals surface area contributed by atoms with Crippen LogP contribution < -0.4 is 5.32 Å². The second-order valence-electron chi connectivity index (χ2n) is 7.71. The summed E-state index contributed by atoms with van der Waals surface area (Å²) in [6, 6.07) is 0.107. The third-order valence-corrected chi connectivity index (χ3v) is 6.27. The minimum Gasteiger partial charge on any atom is -0.481 e. The molecule has 1 amide bonds. The quantitative estimate of drug-likeness (QED) is 0.841. The Hall–Kier alpha value is -1.06. The first-order chi connectivity index (χ1) is 9.75. The molecule has 2 saturated carbocycles. The number of hydrogen-bond donors (Lipinski definition) is 2. The summed E-state index contributed by atoms with van der Waals surface area (Å²) in [5.74, 6) is -0.0392. The van der Waals surface area contributed by atoms with Crippen molar-refractivity contribution < 1.29 is 14.7 Å². The average molecular weight is 295 g/mol. The number of carbonyl (C=O) groups excluding carboxylic acids is 1. The van der Waals surface area contributed by atoms with E-state index in [0.29, 0.717) is 12.3 Å². The summed E-state index contributed by atoms with van der Waals surface area (Å²) in [4.78, 5) is 23.9. The van der Waals surface area contributed by atoms with Crippen molar-refractivity contribution in [3.8, 4) is 0 Å². The first-order valence-corrected chi connectivity index (χ1v) is 8.28. The molecule has 21 heavy (non-hydrogen) atoms. The Morgan fingerprint density at radius 3 is 2.29 bits per heavy atom. The van der Waals surface area contributed by atoms with Crippen molar-refractivity contribution >= 4 is 11.9 Å². The zero-order valence-electron chi connectivity index (χ0n) is 13.7. The number of rotatable bonds is 3. The van der Waals surface area contributed by atoms with Crippen molar-refractivity contribution in [2.24, 2.45) is 29.1 Å². The number of nitrogens with one attached hydrogen (secondary N) is 1. The summed E-state index contributed by atoms with van der Waals surface area (Å²) in [6.45, 7) is 8.28. The highest BCUT2D eigenvalue weighted by Crippen LogP contribution is 2.45. The second kappa shape index (κ2) is 5.98. The van der Waals surface area contributed by atoms with Crippen LogP contribution in [0.5, 0.6) is 0 Å². The molecule has 120 valence electrons. The van der Waals surface area contributed by atoms with Crippen LogP contribution in [0.2, 0.25) is 0 Å². The van der Waals surface area contributed by atoms with E-state index < -0.39 is 5.97 Å². The summed E-state index contributed by atoms with van der Waals surface area (Å²) in [5.41, 5.74) is -0.288. The van der Waals surface area contributed by atoms with Crippen molar-refractivity contribution in [3.63, 3.8) is 0 Å². The largest absolute Gasteiger partial charge is 0.481 e. The highest BCUT2D eigenvalue weighted by Gasteiger charge is 2.47. The molecule has 2 aliphatic carbocycles. The van der Waals surface area contributed by atoms with Crippen LogP contribution in [0, 0.1) is 29.1 Å². The highest BCUT2D eigenvalue weighted by molar-refractivity contribution is 5.79. The van der Waals surface area contributed by atoms with Gasteiger partial charge in [0.1, 0.15) is 0 Å². The van der Waals surface area contributed by atoms with Crippen molar-refractivity contribution in [1.29, 1.82) is 0 Å². The molecule has 0 heterocycles. The maximum absolute atomic E-state index is 12.5. The first kappa shape index (κ1) is 16.3. The van der Waals surface area contributed by atoms with Crippen molar-refractivity contribution in [1.82, 2.24) is 5.32 Å². The molecule has 0 aromatic carbocycles. The lowest BCUT2D eigenvalue weighted by molar-refractivity contribution is -0.150. The van der Waals surface area contributed by atoms with Gasteiger partial charge in [0.15, 0.2) is 0 Å². The Morgan fingerprint density at radius 1 is 1.10 bits per heavy atom. The second-order valence-corrected chi connectivity index (χ2v) is 7.71. The standard InChI is InChI=1S/C17H29NO3/c1-10-6-5-7-12(10)15(19)18-14-9-8-13(16(20)21)17(3,4)11(14)2/h10-14H,5-9H2,1-4H3,(H,18,19)(H,20,21). The van der Waals surface area contributed by atoms with E-state index >= 15 is 0 Å². The molecule has 5 atom stereocenters. The van der Waals surface area contributed by atoms with Crippen LogP contribution in [0.3, 0.4) is 0 Å². The molecule has 0 aliphatic heterocycles. The molecule has 2 N–H and O–H groups in total. The van der Waals surface area contributed by atoms with Gasteiger partial charge in [-0.05, 0) is 42.9 Å². The van der Waals surface area contributed by atoms with E-state index in [1.54, 1.807) is 0 Å². The van der Waals surface area contributed by atoms with Crippen LogP contribution >= 0.6 is 0 Å². The fourth-order valence-electron chi connectivity index (χ4n) is 4.27. The van der Waals surface area contributed by atoms with Gasteiger partial charge in [0.2, 0.25) is 5.91 Å². The molecule has 5 unspecified atom stereocenters. The van der Waals surface area contributed by atoms with E-state index in [-0.39, 0.29) is 35.1 Å². The van der Waals surface area contributed by atoms with Crippen LogP contribution in [0.25, 0.3) is 0 Å². The number of hydrogen-bond acceptors (Lipinski definition) is 2. The number of carbonyl (C=O) groups is 2. The number of amides is 1. The molecule has 0 spiro atoms. The molecule has 2 fully saturated rings. The predicted octanol–water partition coefficient (Wildman–Crippen LogP) is 3.06. The van der Waals surface area contributed by atoms with Crippen molar-refractivity contribution in [3.05, 3.63) is 0 Å². The molecule has 2 rings (SSSR count). The molecule has 0 radical (unpaired) electrons. The van der Waals surface area contributed by atoms with E-state index in [1.807, 2.05) is 13.8 Å². The average Bonchev–Trinajstić information content (AvgIpc) is 2.81. The molecule has 0 aromatic rings. The van der Waals surface area contributed by atoms with Gasteiger partial charge in [-0.25, -0.2) is 0 Å².